The average molecular weight is 244 g/mol. The molecule has 0 aliphatic carbocycles. The van der Waals surface area contributed by atoms with Gasteiger partial charge < -0.3 is 15.4 Å². The molecule has 0 fully saturated rings. The molecule has 0 spiro atoms. The Morgan fingerprint density at radius 2 is 2.06 bits per heavy atom. The van der Waals surface area contributed by atoms with Crippen LogP contribution in [0, 0.1) is 5.92 Å². The van der Waals surface area contributed by atoms with E-state index in [0.29, 0.717) is 5.92 Å². The summed E-state index contributed by atoms with van der Waals surface area (Å²) in [4.78, 5) is 0. The SMILES string of the molecule is C=C1NC=C(Oc2ccccc2)[C@@H](C(C)CC)N1. The van der Waals surface area contributed by atoms with Crippen LogP contribution in [0.25, 0.3) is 0 Å². The molecular formula is C15H20N2O. The molecule has 1 heterocycles. The summed E-state index contributed by atoms with van der Waals surface area (Å²) in [5, 5.41) is 6.41. The number of rotatable bonds is 4. The fourth-order valence-corrected chi connectivity index (χ4v) is 1.92. The maximum Gasteiger partial charge on any atom is 0.143 e. The molecule has 1 aliphatic heterocycles. The highest BCUT2D eigenvalue weighted by molar-refractivity contribution is 5.26. The number of ether oxygens (including phenoxy) is 1. The first-order valence-corrected chi connectivity index (χ1v) is 6.35. The summed E-state index contributed by atoms with van der Waals surface area (Å²) in [7, 11) is 0. The van der Waals surface area contributed by atoms with E-state index in [2.05, 4.69) is 31.1 Å². The van der Waals surface area contributed by atoms with E-state index in [1.54, 1.807) is 0 Å². The lowest BCUT2D eigenvalue weighted by molar-refractivity contribution is 0.294. The van der Waals surface area contributed by atoms with Crippen LogP contribution in [0.3, 0.4) is 0 Å². The lowest BCUT2D eigenvalue weighted by Gasteiger charge is -2.31. The highest BCUT2D eigenvalue weighted by Gasteiger charge is 2.25. The Bertz CT molecular complexity index is 439. The van der Waals surface area contributed by atoms with Gasteiger partial charge in [-0.05, 0) is 18.1 Å². The van der Waals surface area contributed by atoms with Crippen LogP contribution in [-0.2, 0) is 0 Å². The minimum absolute atomic E-state index is 0.170. The molecule has 18 heavy (non-hydrogen) atoms. The molecule has 1 aromatic rings. The van der Waals surface area contributed by atoms with Crippen molar-refractivity contribution in [3.8, 4) is 5.75 Å². The van der Waals surface area contributed by atoms with E-state index in [-0.39, 0.29) is 6.04 Å². The van der Waals surface area contributed by atoms with Gasteiger partial charge in [-0.3, -0.25) is 0 Å². The molecule has 3 heteroatoms. The fourth-order valence-electron chi connectivity index (χ4n) is 1.92. The first-order valence-electron chi connectivity index (χ1n) is 6.35. The summed E-state index contributed by atoms with van der Waals surface area (Å²) in [6.07, 6.45) is 2.98. The van der Waals surface area contributed by atoms with Crippen LogP contribution >= 0.6 is 0 Å². The molecule has 0 saturated carbocycles. The zero-order valence-electron chi connectivity index (χ0n) is 10.9. The molecule has 0 bridgehead atoms. The molecule has 3 nitrogen and oxygen atoms in total. The maximum atomic E-state index is 5.93. The minimum atomic E-state index is 0.170. The van der Waals surface area contributed by atoms with Crippen molar-refractivity contribution >= 4 is 0 Å². The second-order valence-corrected chi connectivity index (χ2v) is 4.59. The number of hydrogen-bond donors (Lipinski definition) is 2. The van der Waals surface area contributed by atoms with Gasteiger partial charge in [0.15, 0.2) is 0 Å². The third-order valence-electron chi connectivity index (χ3n) is 3.22. The van der Waals surface area contributed by atoms with E-state index in [0.717, 1.165) is 23.8 Å². The molecule has 0 aromatic heterocycles. The lowest BCUT2D eigenvalue weighted by atomic mass is 9.97. The van der Waals surface area contributed by atoms with Gasteiger partial charge in [0.1, 0.15) is 11.5 Å². The summed E-state index contributed by atoms with van der Waals surface area (Å²) in [5.74, 6) is 3.07. The summed E-state index contributed by atoms with van der Waals surface area (Å²) in [5.41, 5.74) is 0. The highest BCUT2D eigenvalue weighted by Crippen LogP contribution is 2.22. The predicted molar refractivity (Wildman–Crippen MR) is 73.8 cm³/mol. The Hall–Kier alpha value is -1.90. The third kappa shape index (κ3) is 2.86. The molecule has 96 valence electrons. The normalized spacial score (nSPS) is 20.4. The number of hydrogen-bond acceptors (Lipinski definition) is 3. The Morgan fingerprint density at radius 1 is 1.33 bits per heavy atom. The van der Waals surface area contributed by atoms with Crippen molar-refractivity contribution in [1.82, 2.24) is 10.6 Å². The zero-order chi connectivity index (χ0) is 13.0. The molecule has 1 aromatic carbocycles. The Kier molecular flexibility index (Phi) is 3.92. The highest BCUT2D eigenvalue weighted by atomic mass is 16.5. The Labute approximate surface area is 109 Å². The standard InChI is InChI=1S/C15H20N2O/c1-4-11(2)15-14(10-16-12(3)17-15)18-13-8-6-5-7-9-13/h5-11,15-17H,3-4H2,1-2H3/t11?,15-/m1/s1. The van der Waals surface area contributed by atoms with Crippen molar-refractivity contribution in [3.05, 3.63) is 54.7 Å². The van der Waals surface area contributed by atoms with Crippen molar-refractivity contribution in [3.63, 3.8) is 0 Å². The molecular weight excluding hydrogens is 224 g/mol. The predicted octanol–water partition coefficient (Wildman–Crippen LogP) is 2.99. The molecule has 0 radical (unpaired) electrons. The van der Waals surface area contributed by atoms with Gasteiger partial charge in [0.25, 0.3) is 0 Å². The van der Waals surface area contributed by atoms with Gasteiger partial charge in [-0.1, -0.05) is 45.0 Å². The molecule has 2 atom stereocenters. The Balaban J connectivity index is 2.16. The van der Waals surface area contributed by atoms with Gasteiger partial charge in [0, 0.05) is 6.20 Å². The molecule has 2 N–H and O–H groups in total. The first kappa shape index (κ1) is 12.6. The smallest absolute Gasteiger partial charge is 0.143 e. The zero-order valence-corrected chi connectivity index (χ0v) is 10.9. The summed E-state index contributed by atoms with van der Waals surface area (Å²) < 4.78 is 5.93. The molecule has 1 aliphatic rings. The van der Waals surface area contributed by atoms with E-state index in [1.807, 2.05) is 36.5 Å². The van der Waals surface area contributed by atoms with E-state index < -0.39 is 0 Å². The van der Waals surface area contributed by atoms with Crippen molar-refractivity contribution in [2.24, 2.45) is 5.92 Å². The average Bonchev–Trinajstić information content (AvgIpc) is 2.41. The van der Waals surface area contributed by atoms with Crippen molar-refractivity contribution < 1.29 is 4.74 Å². The van der Waals surface area contributed by atoms with Crippen molar-refractivity contribution in [1.29, 1.82) is 0 Å². The topological polar surface area (TPSA) is 33.3 Å². The summed E-state index contributed by atoms with van der Waals surface area (Å²) in [6, 6.07) is 10.00. The van der Waals surface area contributed by atoms with Crippen molar-refractivity contribution in [2.75, 3.05) is 0 Å². The van der Waals surface area contributed by atoms with E-state index in [4.69, 9.17) is 4.74 Å². The molecule has 0 amide bonds. The monoisotopic (exact) mass is 244 g/mol. The van der Waals surface area contributed by atoms with Crippen LogP contribution in [0.4, 0.5) is 0 Å². The van der Waals surface area contributed by atoms with Gasteiger partial charge in [-0.15, -0.1) is 0 Å². The maximum absolute atomic E-state index is 5.93. The van der Waals surface area contributed by atoms with Gasteiger partial charge in [0.05, 0.1) is 11.9 Å². The fraction of sp³-hybridized carbons (Fsp3) is 0.333. The minimum Gasteiger partial charge on any atom is -0.458 e. The van der Waals surface area contributed by atoms with E-state index >= 15 is 0 Å². The largest absolute Gasteiger partial charge is 0.458 e. The third-order valence-corrected chi connectivity index (χ3v) is 3.22. The van der Waals surface area contributed by atoms with E-state index in [9.17, 15) is 0 Å². The summed E-state index contributed by atoms with van der Waals surface area (Å²) >= 11 is 0. The van der Waals surface area contributed by atoms with Gasteiger partial charge in [-0.2, -0.15) is 0 Å². The summed E-state index contributed by atoms with van der Waals surface area (Å²) in [6.45, 7) is 8.28. The van der Waals surface area contributed by atoms with Crippen LogP contribution in [0.2, 0.25) is 0 Å². The van der Waals surface area contributed by atoms with Gasteiger partial charge in [0.2, 0.25) is 0 Å². The second kappa shape index (κ2) is 5.63. The van der Waals surface area contributed by atoms with E-state index in [1.165, 1.54) is 0 Å². The van der Waals surface area contributed by atoms with Gasteiger partial charge >= 0.3 is 0 Å². The number of benzene rings is 1. The Morgan fingerprint density at radius 3 is 2.72 bits per heavy atom. The number of para-hydroxylation sites is 1. The van der Waals surface area contributed by atoms with Crippen molar-refractivity contribution in [2.45, 2.75) is 26.3 Å². The lowest BCUT2D eigenvalue weighted by Crippen LogP contribution is -2.44. The van der Waals surface area contributed by atoms with Crippen LogP contribution in [0.5, 0.6) is 5.75 Å². The van der Waals surface area contributed by atoms with Crippen LogP contribution in [0.15, 0.2) is 54.7 Å². The van der Waals surface area contributed by atoms with Crippen LogP contribution in [0.1, 0.15) is 20.3 Å². The van der Waals surface area contributed by atoms with Crippen LogP contribution < -0.4 is 15.4 Å². The first-order chi connectivity index (χ1) is 8.70. The molecule has 2 rings (SSSR count). The number of nitrogens with one attached hydrogen (secondary N) is 2. The van der Waals surface area contributed by atoms with Gasteiger partial charge in [-0.25, -0.2) is 0 Å². The van der Waals surface area contributed by atoms with Crippen LogP contribution in [-0.4, -0.2) is 6.04 Å². The molecule has 1 unspecified atom stereocenters. The molecule has 0 saturated heterocycles. The quantitative estimate of drug-likeness (QED) is 0.854. The second-order valence-electron chi connectivity index (χ2n) is 4.59.